The SMILES string of the molecule is Cc1ccc([C@@H](C(=O)NCc2ccc(S(N)(=O)=O)cc2)N(C)C)cc1. The highest BCUT2D eigenvalue weighted by Crippen LogP contribution is 2.19. The summed E-state index contributed by atoms with van der Waals surface area (Å²) < 4.78 is 22.5. The molecular weight excluding hydrogens is 338 g/mol. The maximum atomic E-state index is 12.6. The minimum absolute atomic E-state index is 0.0494. The molecule has 1 atom stereocenters. The molecule has 134 valence electrons. The van der Waals surface area contributed by atoms with Crippen LogP contribution in [-0.4, -0.2) is 33.3 Å². The molecule has 25 heavy (non-hydrogen) atoms. The van der Waals surface area contributed by atoms with Crippen molar-refractivity contribution in [3.8, 4) is 0 Å². The van der Waals surface area contributed by atoms with Crippen LogP contribution in [-0.2, 0) is 21.4 Å². The first-order valence-corrected chi connectivity index (χ1v) is 9.35. The zero-order chi connectivity index (χ0) is 18.6. The Labute approximate surface area is 148 Å². The molecule has 0 spiro atoms. The Balaban J connectivity index is 2.07. The van der Waals surface area contributed by atoms with E-state index in [1.807, 2.05) is 50.2 Å². The maximum Gasteiger partial charge on any atom is 0.242 e. The number of hydrogen-bond acceptors (Lipinski definition) is 4. The highest BCUT2D eigenvalue weighted by atomic mass is 32.2. The second-order valence-electron chi connectivity index (χ2n) is 6.18. The van der Waals surface area contributed by atoms with Gasteiger partial charge in [0.15, 0.2) is 0 Å². The van der Waals surface area contributed by atoms with Gasteiger partial charge in [-0.1, -0.05) is 42.0 Å². The lowest BCUT2D eigenvalue weighted by Crippen LogP contribution is -2.36. The van der Waals surface area contributed by atoms with Crippen LogP contribution < -0.4 is 10.5 Å². The Morgan fingerprint density at radius 1 is 1.08 bits per heavy atom. The maximum absolute atomic E-state index is 12.6. The first kappa shape index (κ1) is 19.1. The van der Waals surface area contributed by atoms with Crippen molar-refractivity contribution < 1.29 is 13.2 Å². The number of rotatable bonds is 6. The van der Waals surface area contributed by atoms with Crippen LogP contribution in [0.2, 0.25) is 0 Å². The van der Waals surface area contributed by atoms with Gasteiger partial charge in [-0.05, 0) is 44.3 Å². The summed E-state index contributed by atoms with van der Waals surface area (Å²) in [5, 5.41) is 7.96. The molecule has 3 N–H and O–H groups in total. The molecule has 0 aliphatic heterocycles. The van der Waals surface area contributed by atoms with E-state index < -0.39 is 16.1 Å². The lowest BCUT2D eigenvalue weighted by molar-refractivity contribution is -0.125. The monoisotopic (exact) mass is 361 g/mol. The van der Waals surface area contributed by atoms with Crippen molar-refractivity contribution in [2.24, 2.45) is 5.14 Å². The zero-order valence-electron chi connectivity index (χ0n) is 14.6. The molecule has 2 aromatic carbocycles. The molecule has 2 aromatic rings. The third-order valence-corrected chi connectivity index (χ3v) is 4.81. The molecule has 0 aromatic heterocycles. The standard InChI is InChI=1S/C18H23N3O3S/c1-13-4-8-15(9-5-13)17(21(2)3)18(22)20-12-14-6-10-16(11-7-14)25(19,23)24/h4-11,17H,12H2,1-3H3,(H,20,22)(H2,19,23,24)/t17-/m0/s1. The minimum Gasteiger partial charge on any atom is -0.350 e. The quantitative estimate of drug-likeness (QED) is 0.817. The van der Waals surface area contributed by atoms with E-state index in [-0.39, 0.29) is 10.8 Å². The van der Waals surface area contributed by atoms with E-state index in [0.717, 1.165) is 16.7 Å². The molecule has 0 heterocycles. The predicted octanol–water partition coefficient (Wildman–Crippen LogP) is 1.56. The summed E-state index contributed by atoms with van der Waals surface area (Å²) in [7, 11) is -0.00475. The lowest BCUT2D eigenvalue weighted by Gasteiger charge is -2.24. The number of likely N-dealkylation sites (N-methyl/N-ethyl adjacent to an activating group) is 1. The van der Waals surface area contributed by atoms with Crippen molar-refractivity contribution in [1.29, 1.82) is 0 Å². The van der Waals surface area contributed by atoms with E-state index in [1.54, 1.807) is 12.1 Å². The fourth-order valence-corrected chi connectivity index (χ4v) is 3.03. The molecule has 0 bridgehead atoms. The van der Waals surface area contributed by atoms with Crippen LogP contribution in [0.1, 0.15) is 22.7 Å². The molecule has 0 aliphatic carbocycles. The van der Waals surface area contributed by atoms with Crippen LogP contribution in [0.15, 0.2) is 53.4 Å². The number of hydrogen-bond donors (Lipinski definition) is 2. The number of amides is 1. The highest BCUT2D eigenvalue weighted by molar-refractivity contribution is 7.89. The number of benzene rings is 2. The Kier molecular flexibility index (Phi) is 5.94. The summed E-state index contributed by atoms with van der Waals surface area (Å²) in [4.78, 5) is 14.5. The van der Waals surface area contributed by atoms with Gasteiger partial charge < -0.3 is 5.32 Å². The normalized spacial score (nSPS) is 12.8. The van der Waals surface area contributed by atoms with Crippen LogP contribution in [0.4, 0.5) is 0 Å². The zero-order valence-corrected chi connectivity index (χ0v) is 15.4. The molecule has 0 aliphatic rings. The molecule has 0 saturated heterocycles. The van der Waals surface area contributed by atoms with Gasteiger partial charge in [-0.3, -0.25) is 9.69 Å². The van der Waals surface area contributed by atoms with Crippen molar-refractivity contribution in [2.75, 3.05) is 14.1 Å². The van der Waals surface area contributed by atoms with Crippen molar-refractivity contribution in [3.63, 3.8) is 0 Å². The van der Waals surface area contributed by atoms with E-state index in [1.165, 1.54) is 12.1 Å². The van der Waals surface area contributed by atoms with Gasteiger partial charge in [0.1, 0.15) is 6.04 Å². The highest BCUT2D eigenvalue weighted by Gasteiger charge is 2.22. The van der Waals surface area contributed by atoms with Gasteiger partial charge in [-0.15, -0.1) is 0 Å². The molecule has 1 amide bonds. The largest absolute Gasteiger partial charge is 0.350 e. The molecule has 7 heteroatoms. The lowest BCUT2D eigenvalue weighted by atomic mass is 10.0. The third kappa shape index (κ3) is 5.12. The van der Waals surface area contributed by atoms with Gasteiger partial charge >= 0.3 is 0 Å². The second-order valence-corrected chi connectivity index (χ2v) is 7.75. The smallest absolute Gasteiger partial charge is 0.242 e. The van der Waals surface area contributed by atoms with Crippen LogP contribution in [0.3, 0.4) is 0 Å². The van der Waals surface area contributed by atoms with Gasteiger partial charge in [0.2, 0.25) is 15.9 Å². The number of nitrogens with zero attached hydrogens (tertiary/aromatic N) is 1. The Bertz CT molecular complexity index is 829. The van der Waals surface area contributed by atoms with Crippen molar-refractivity contribution in [2.45, 2.75) is 24.4 Å². The minimum atomic E-state index is -3.71. The number of sulfonamides is 1. The van der Waals surface area contributed by atoms with Crippen LogP contribution in [0.5, 0.6) is 0 Å². The van der Waals surface area contributed by atoms with Gasteiger partial charge in [0.25, 0.3) is 0 Å². The van der Waals surface area contributed by atoms with Crippen LogP contribution in [0, 0.1) is 6.92 Å². The number of aryl methyl sites for hydroxylation is 1. The van der Waals surface area contributed by atoms with Crippen LogP contribution in [0.25, 0.3) is 0 Å². The molecule has 2 rings (SSSR count). The van der Waals surface area contributed by atoms with E-state index in [9.17, 15) is 13.2 Å². The molecule has 0 fully saturated rings. The Morgan fingerprint density at radius 3 is 2.12 bits per heavy atom. The summed E-state index contributed by atoms with van der Waals surface area (Å²) in [5.41, 5.74) is 2.84. The fourth-order valence-electron chi connectivity index (χ4n) is 2.52. The molecule has 0 radical (unpaired) electrons. The number of nitrogens with two attached hydrogens (primary N) is 1. The van der Waals surface area contributed by atoms with E-state index in [2.05, 4.69) is 5.32 Å². The summed E-state index contributed by atoms with van der Waals surface area (Å²) in [6.45, 7) is 2.31. The first-order chi connectivity index (χ1) is 11.7. The summed E-state index contributed by atoms with van der Waals surface area (Å²) in [6.07, 6.45) is 0. The van der Waals surface area contributed by atoms with Crippen molar-refractivity contribution in [1.82, 2.24) is 10.2 Å². The number of carbonyl (C=O) groups is 1. The van der Waals surface area contributed by atoms with Gasteiger partial charge in [-0.25, -0.2) is 13.6 Å². The average Bonchev–Trinajstić information content (AvgIpc) is 2.54. The first-order valence-electron chi connectivity index (χ1n) is 7.81. The molecular formula is C18H23N3O3S. The van der Waals surface area contributed by atoms with E-state index in [4.69, 9.17) is 5.14 Å². The summed E-state index contributed by atoms with van der Waals surface area (Å²) in [5.74, 6) is -0.121. The van der Waals surface area contributed by atoms with Gasteiger partial charge in [-0.2, -0.15) is 0 Å². The molecule has 0 unspecified atom stereocenters. The molecule has 0 saturated carbocycles. The Morgan fingerprint density at radius 2 is 1.64 bits per heavy atom. The van der Waals surface area contributed by atoms with Gasteiger partial charge in [0, 0.05) is 6.54 Å². The number of primary sulfonamides is 1. The van der Waals surface area contributed by atoms with E-state index >= 15 is 0 Å². The van der Waals surface area contributed by atoms with Crippen molar-refractivity contribution in [3.05, 3.63) is 65.2 Å². The second kappa shape index (κ2) is 7.77. The van der Waals surface area contributed by atoms with Crippen molar-refractivity contribution >= 4 is 15.9 Å². The summed E-state index contributed by atoms with van der Waals surface area (Å²) >= 11 is 0. The average molecular weight is 361 g/mol. The Hall–Kier alpha value is -2.22. The summed E-state index contributed by atoms with van der Waals surface area (Å²) in [6, 6.07) is 13.6. The number of nitrogens with one attached hydrogen (secondary N) is 1. The third-order valence-electron chi connectivity index (χ3n) is 3.88. The fraction of sp³-hybridized carbons (Fsp3) is 0.278. The topological polar surface area (TPSA) is 92.5 Å². The predicted molar refractivity (Wildman–Crippen MR) is 97.3 cm³/mol. The number of carbonyl (C=O) groups excluding carboxylic acids is 1. The van der Waals surface area contributed by atoms with E-state index in [0.29, 0.717) is 6.54 Å². The van der Waals surface area contributed by atoms with Gasteiger partial charge in [0.05, 0.1) is 4.90 Å². The van der Waals surface area contributed by atoms with Crippen LogP contribution >= 0.6 is 0 Å². The molecule has 6 nitrogen and oxygen atoms in total.